The Labute approximate surface area is 83.5 Å². The summed E-state index contributed by atoms with van der Waals surface area (Å²) in [5.41, 5.74) is 7.80. The molecule has 14 heavy (non-hydrogen) atoms. The molecule has 2 N–H and O–H groups in total. The third-order valence-corrected chi connectivity index (χ3v) is 2.39. The molecule has 1 aromatic carbocycles. The molecule has 0 atom stereocenters. The molecular weight excluding hydrogens is 174 g/mol. The predicted molar refractivity (Wildman–Crippen MR) is 58.0 cm³/mol. The van der Waals surface area contributed by atoms with Gasteiger partial charge in [-0.15, -0.1) is 0 Å². The van der Waals surface area contributed by atoms with Gasteiger partial charge < -0.3 is 5.73 Å². The van der Waals surface area contributed by atoms with Crippen molar-refractivity contribution in [3.05, 3.63) is 30.0 Å². The van der Waals surface area contributed by atoms with E-state index in [1.807, 2.05) is 16.8 Å². The standard InChI is InChI=1S/C11H15N3/c1-8(2)14-7-10-5-3-4-9(6-12)11(10)13-14/h3-5,7-8H,6,12H2,1-2H3. The fraction of sp³-hybridized carbons (Fsp3) is 0.364. The molecule has 0 radical (unpaired) electrons. The molecule has 3 nitrogen and oxygen atoms in total. The van der Waals surface area contributed by atoms with Crippen molar-refractivity contribution in [3.8, 4) is 0 Å². The van der Waals surface area contributed by atoms with Crippen LogP contribution < -0.4 is 5.73 Å². The summed E-state index contributed by atoms with van der Waals surface area (Å²) in [5.74, 6) is 0. The zero-order valence-electron chi connectivity index (χ0n) is 8.57. The third kappa shape index (κ3) is 1.40. The Kier molecular flexibility index (Phi) is 2.25. The van der Waals surface area contributed by atoms with E-state index in [0.717, 1.165) is 11.1 Å². The quantitative estimate of drug-likeness (QED) is 0.786. The minimum Gasteiger partial charge on any atom is -0.326 e. The van der Waals surface area contributed by atoms with Crippen molar-refractivity contribution in [2.24, 2.45) is 5.73 Å². The SMILES string of the molecule is CC(C)n1cc2cccc(CN)c2n1. The van der Waals surface area contributed by atoms with Gasteiger partial charge in [0.2, 0.25) is 0 Å². The summed E-state index contributed by atoms with van der Waals surface area (Å²) >= 11 is 0. The lowest BCUT2D eigenvalue weighted by molar-refractivity contribution is 0.537. The molecule has 0 spiro atoms. The van der Waals surface area contributed by atoms with E-state index in [1.165, 1.54) is 5.39 Å². The molecule has 1 aromatic heterocycles. The molecule has 0 saturated heterocycles. The highest BCUT2D eigenvalue weighted by atomic mass is 15.3. The number of aromatic nitrogens is 2. The Morgan fingerprint density at radius 1 is 1.43 bits per heavy atom. The highest BCUT2D eigenvalue weighted by molar-refractivity contribution is 5.81. The van der Waals surface area contributed by atoms with Crippen LogP contribution in [0.25, 0.3) is 10.9 Å². The number of nitrogens with zero attached hydrogens (tertiary/aromatic N) is 2. The molecule has 0 saturated carbocycles. The topological polar surface area (TPSA) is 43.8 Å². The van der Waals surface area contributed by atoms with Gasteiger partial charge in [-0.1, -0.05) is 18.2 Å². The minimum absolute atomic E-state index is 0.396. The van der Waals surface area contributed by atoms with Crippen LogP contribution in [0.4, 0.5) is 0 Å². The number of nitrogens with two attached hydrogens (primary N) is 1. The summed E-state index contributed by atoms with van der Waals surface area (Å²) in [6, 6.07) is 6.52. The van der Waals surface area contributed by atoms with E-state index in [-0.39, 0.29) is 0 Å². The van der Waals surface area contributed by atoms with Crippen LogP contribution in [0.15, 0.2) is 24.4 Å². The van der Waals surface area contributed by atoms with Crippen LogP contribution in [-0.4, -0.2) is 9.78 Å². The summed E-state index contributed by atoms with van der Waals surface area (Å²) in [7, 11) is 0. The Morgan fingerprint density at radius 2 is 2.21 bits per heavy atom. The highest BCUT2D eigenvalue weighted by Crippen LogP contribution is 2.18. The van der Waals surface area contributed by atoms with Crippen LogP contribution in [-0.2, 0) is 6.54 Å². The van der Waals surface area contributed by atoms with Crippen LogP contribution in [0.2, 0.25) is 0 Å². The molecule has 1 heterocycles. The van der Waals surface area contributed by atoms with Crippen molar-refractivity contribution in [1.82, 2.24) is 9.78 Å². The van der Waals surface area contributed by atoms with Gasteiger partial charge in [-0.3, -0.25) is 4.68 Å². The molecule has 0 unspecified atom stereocenters. The van der Waals surface area contributed by atoms with E-state index in [9.17, 15) is 0 Å². The van der Waals surface area contributed by atoms with E-state index in [4.69, 9.17) is 5.73 Å². The van der Waals surface area contributed by atoms with Gasteiger partial charge in [0, 0.05) is 24.2 Å². The number of rotatable bonds is 2. The van der Waals surface area contributed by atoms with Gasteiger partial charge in [0.1, 0.15) is 0 Å². The van der Waals surface area contributed by atoms with Gasteiger partial charge in [0.25, 0.3) is 0 Å². The maximum Gasteiger partial charge on any atom is 0.0968 e. The van der Waals surface area contributed by atoms with Crippen molar-refractivity contribution in [2.75, 3.05) is 0 Å². The van der Waals surface area contributed by atoms with Crippen molar-refractivity contribution in [1.29, 1.82) is 0 Å². The van der Waals surface area contributed by atoms with Crippen molar-refractivity contribution in [2.45, 2.75) is 26.4 Å². The van der Waals surface area contributed by atoms with E-state index < -0.39 is 0 Å². The maximum absolute atomic E-state index is 5.65. The van der Waals surface area contributed by atoms with Crippen LogP contribution in [0.3, 0.4) is 0 Å². The van der Waals surface area contributed by atoms with E-state index >= 15 is 0 Å². The number of benzene rings is 1. The summed E-state index contributed by atoms with van der Waals surface area (Å²) in [5, 5.41) is 5.69. The zero-order chi connectivity index (χ0) is 10.1. The Hall–Kier alpha value is -1.35. The number of hydrogen-bond acceptors (Lipinski definition) is 2. The van der Waals surface area contributed by atoms with E-state index in [0.29, 0.717) is 12.6 Å². The Bertz CT molecular complexity index is 443. The lowest BCUT2D eigenvalue weighted by Gasteiger charge is -2.02. The van der Waals surface area contributed by atoms with Crippen LogP contribution in [0.1, 0.15) is 25.5 Å². The second-order valence-corrected chi connectivity index (χ2v) is 3.76. The van der Waals surface area contributed by atoms with Crippen molar-refractivity contribution >= 4 is 10.9 Å². The van der Waals surface area contributed by atoms with Crippen molar-refractivity contribution < 1.29 is 0 Å². The first kappa shape index (κ1) is 9.21. The van der Waals surface area contributed by atoms with E-state index in [1.54, 1.807) is 0 Å². The monoisotopic (exact) mass is 189 g/mol. The molecule has 3 heteroatoms. The molecule has 0 aliphatic heterocycles. The summed E-state index contributed by atoms with van der Waals surface area (Å²) in [4.78, 5) is 0. The molecule has 0 fully saturated rings. The molecule has 2 aromatic rings. The molecule has 0 amide bonds. The molecule has 0 aliphatic carbocycles. The second kappa shape index (κ2) is 3.42. The lowest BCUT2D eigenvalue weighted by Crippen LogP contribution is -2.01. The summed E-state index contributed by atoms with van der Waals surface area (Å²) in [6.45, 7) is 4.79. The summed E-state index contributed by atoms with van der Waals surface area (Å²) in [6.07, 6.45) is 2.07. The molecule has 74 valence electrons. The molecule has 2 rings (SSSR count). The first-order valence-corrected chi connectivity index (χ1v) is 4.89. The van der Waals surface area contributed by atoms with Gasteiger partial charge in [-0.2, -0.15) is 5.10 Å². The van der Waals surface area contributed by atoms with Gasteiger partial charge >= 0.3 is 0 Å². The number of fused-ring (bicyclic) bond motifs is 1. The zero-order valence-corrected chi connectivity index (χ0v) is 8.57. The summed E-state index contributed by atoms with van der Waals surface area (Å²) < 4.78 is 1.98. The fourth-order valence-electron chi connectivity index (χ4n) is 1.55. The third-order valence-electron chi connectivity index (χ3n) is 2.39. The normalized spacial score (nSPS) is 11.4. The largest absolute Gasteiger partial charge is 0.326 e. The van der Waals surface area contributed by atoms with Gasteiger partial charge in [0.05, 0.1) is 5.52 Å². The van der Waals surface area contributed by atoms with Crippen LogP contribution >= 0.6 is 0 Å². The maximum atomic E-state index is 5.65. The average Bonchev–Trinajstić information content (AvgIpc) is 2.60. The predicted octanol–water partition coefficient (Wildman–Crippen LogP) is 2.08. The van der Waals surface area contributed by atoms with Gasteiger partial charge in [-0.05, 0) is 19.4 Å². The van der Waals surface area contributed by atoms with E-state index in [2.05, 4.69) is 31.2 Å². The second-order valence-electron chi connectivity index (χ2n) is 3.76. The Balaban J connectivity index is 2.64. The van der Waals surface area contributed by atoms with Gasteiger partial charge in [-0.25, -0.2) is 0 Å². The van der Waals surface area contributed by atoms with Gasteiger partial charge in [0.15, 0.2) is 0 Å². The Morgan fingerprint density at radius 3 is 2.86 bits per heavy atom. The highest BCUT2D eigenvalue weighted by Gasteiger charge is 2.05. The smallest absolute Gasteiger partial charge is 0.0968 e. The first-order valence-electron chi connectivity index (χ1n) is 4.89. The fourth-order valence-corrected chi connectivity index (χ4v) is 1.55. The number of hydrogen-bond donors (Lipinski definition) is 1. The average molecular weight is 189 g/mol. The molecule has 0 bridgehead atoms. The molecule has 0 aliphatic rings. The van der Waals surface area contributed by atoms with Crippen LogP contribution in [0.5, 0.6) is 0 Å². The van der Waals surface area contributed by atoms with Crippen LogP contribution in [0, 0.1) is 0 Å². The van der Waals surface area contributed by atoms with Crippen molar-refractivity contribution in [3.63, 3.8) is 0 Å². The molecular formula is C11H15N3. The first-order chi connectivity index (χ1) is 6.72. The minimum atomic E-state index is 0.396. The lowest BCUT2D eigenvalue weighted by atomic mass is 10.1.